The minimum Gasteiger partial charge on any atom is -0.324 e. The van der Waals surface area contributed by atoms with Crippen molar-refractivity contribution in [3.05, 3.63) is 29.3 Å². The van der Waals surface area contributed by atoms with Crippen LogP contribution in [-0.2, 0) is 4.79 Å². The first-order chi connectivity index (χ1) is 8.68. The summed E-state index contributed by atoms with van der Waals surface area (Å²) in [5.41, 5.74) is 3.21. The lowest BCUT2D eigenvalue weighted by molar-refractivity contribution is -0.118. The van der Waals surface area contributed by atoms with Gasteiger partial charge in [0.05, 0.1) is 6.04 Å². The topological polar surface area (TPSA) is 41.1 Å². The summed E-state index contributed by atoms with van der Waals surface area (Å²) in [4.78, 5) is 12.3. The second-order valence-electron chi connectivity index (χ2n) is 5.11. The van der Waals surface area contributed by atoms with Crippen LogP contribution in [0.2, 0.25) is 0 Å². The first kappa shape index (κ1) is 13.1. The van der Waals surface area contributed by atoms with Gasteiger partial charge in [-0.1, -0.05) is 31.0 Å². The van der Waals surface area contributed by atoms with Crippen LogP contribution in [0.1, 0.15) is 36.8 Å². The number of aryl methyl sites for hydroxylation is 2. The van der Waals surface area contributed by atoms with Crippen LogP contribution in [0.25, 0.3) is 0 Å². The van der Waals surface area contributed by atoms with Crippen LogP contribution >= 0.6 is 0 Å². The third-order valence-electron chi connectivity index (χ3n) is 3.61. The summed E-state index contributed by atoms with van der Waals surface area (Å²) in [6.45, 7) is 5.01. The number of rotatable bonds is 2. The maximum absolute atomic E-state index is 12.3. The Kier molecular flexibility index (Phi) is 4.37. The third-order valence-corrected chi connectivity index (χ3v) is 3.61. The van der Waals surface area contributed by atoms with E-state index < -0.39 is 0 Å². The Balaban J connectivity index is 2.06. The summed E-state index contributed by atoms with van der Waals surface area (Å²) >= 11 is 0. The van der Waals surface area contributed by atoms with E-state index in [1.165, 1.54) is 12.8 Å². The van der Waals surface area contributed by atoms with Gasteiger partial charge >= 0.3 is 0 Å². The van der Waals surface area contributed by atoms with Gasteiger partial charge in [0.2, 0.25) is 5.91 Å². The van der Waals surface area contributed by atoms with Crippen molar-refractivity contribution in [1.82, 2.24) is 5.32 Å². The molecule has 1 aromatic rings. The molecular weight excluding hydrogens is 224 g/mol. The van der Waals surface area contributed by atoms with E-state index in [-0.39, 0.29) is 11.9 Å². The number of hydrogen-bond acceptors (Lipinski definition) is 2. The molecule has 0 radical (unpaired) electrons. The van der Waals surface area contributed by atoms with Crippen LogP contribution in [0, 0.1) is 13.8 Å². The van der Waals surface area contributed by atoms with Gasteiger partial charge < -0.3 is 10.6 Å². The zero-order valence-corrected chi connectivity index (χ0v) is 11.3. The van der Waals surface area contributed by atoms with Gasteiger partial charge in [0.25, 0.3) is 0 Å². The largest absolute Gasteiger partial charge is 0.324 e. The molecule has 2 rings (SSSR count). The molecule has 0 spiro atoms. The molecule has 1 fully saturated rings. The van der Waals surface area contributed by atoms with E-state index >= 15 is 0 Å². The summed E-state index contributed by atoms with van der Waals surface area (Å²) in [5, 5.41) is 6.40. The third kappa shape index (κ3) is 3.10. The number of hydrogen-bond donors (Lipinski definition) is 2. The highest BCUT2D eigenvalue weighted by Gasteiger charge is 2.20. The summed E-state index contributed by atoms with van der Waals surface area (Å²) in [7, 11) is 0. The highest BCUT2D eigenvalue weighted by atomic mass is 16.2. The smallest absolute Gasteiger partial charge is 0.241 e. The number of carbonyl (C=O) groups excluding carboxylic acids is 1. The summed E-state index contributed by atoms with van der Waals surface area (Å²) < 4.78 is 0. The van der Waals surface area contributed by atoms with Crippen molar-refractivity contribution in [2.75, 3.05) is 11.9 Å². The normalized spacial score (nSPS) is 20.2. The minimum absolute atomic E-state index is 0.0356. The maximum Gasteiger partial charge on any atom is 0.241 e. The van der Waals surface area contributed by atoms with Crippen LogP contribution in [0.4, 0.5) is 5.69 Å². The SMILES string of the molecule is Cc1cccc(C)c1NC(=O)C1CCCCCN1. The lowest BCUT2D eigenvalue weighted by atomic mass is 10.1. The Morgan fingerprint density at radius 2 is 1.94 bits per heavy atom. The number of amides is 1. The van der Waals surface area contributed by atoms with Crippen molar-refractivity contribution in [1.29, 1.82) is 0 Å². The van der Waals surface area contributed by atoms with Gasteiger partial charge in [-0.05, 0) is 44.4 Å². The molecule has 0 saturated carbocycles. The van der Waals surface area contributed by atoms with Crippen LogP contribution in [0.5, 0.6) is 0 Å². The van der Waals surface area contributed by atoms with Crippen molar-refractivity contribution in [3.8, 4) is 0 Å². The van der Waals surface area contributed by atoms with E-state index in [0.717, 1.165) is 36.2 Å². The lowest BCUT2D eigenvalue weighted by Crippen LogP contribution is -2.40. The Labute approximate surface area is 109 Å². The van der Waals surface area contributed by atoms with E-state index in [2.05, 4.69) is 10.6 Å². The minimum atomic E-state index is -0.0356. The average molecular weight is 246 g/mol. The monoisotopic (exact) mass is 246 g/mol. The van der Waals surface area contributed by atoms with Gasteiger partial charge in [-0.25, -0.2) is 0 Å². The summed E-state index contributed by atoms with van der Waals surface area (Å²) in [5.74, 6) is 0.106. The van der Waals surface area contributed by atoms with Crippen molar-refractivity contribution < 1.29 is 4.79 Å². The molecule has 3 nitrogen and oxygen atoms in total. The number of anilines is 1. The van der Waals surface area contributed by atoms with Crippen molar-refractivity contribution >= 4 is 11.6 Å². The van der Waals surface area contributed by atoms with Crippen LogP contribution in [0.3, 0.4) is 0 Å². The highest BCUT2D eigenvalue weighted by molar-refractivity contribution is 5.96. The number of carbonyl (C=O) groups is 1. The molecule has 0 aliphatic carbocycles. The fourth-order valence-corrected chi connectivity index (χ4v) is 2.47. The fraction of sp³-hybridized carbons (Fsp3) is 0.533. The maximum atomic E-state index is 12.3. The van der Waals surface area contributed by atoms with Gasteiger partial charge in [-0.15, -0.1) is 0 Å². The molecule has 3 heteroatoms. The van der Waals surface area contributed by atoms with Gasteiger partial charge in [0.1, 0.15) is 0 Å². The molecular formula is C15H22N2O. The molecule has 1 heterocycles. The molecule has 1 atom stereocenters. The molecule has 1 saturated heterocycles. The molecule has 0 aromatic heterocycles. The molecule has 1 amide bonds. The second-order valence-corrected chi connectivity index (χ2v) is 5.11. The zero-order valence-electron chi connectivity index (χ0n) is 11.3. The van der Waals surface area contributed by atoms with Crippen molar-refractivity contribution in [3.63, 3.8) is 0 Å². The standard InChI is InChI=1S/C15H22N2O/c1-11-7-6-8-12(2)14(11)17-15(18)13-9-4-3-5-10-16-13/h6-8,13,16H,3-5,9-10H2,1-2H3,(H,17,18). The Bertz CT molecular complexity index is 400. The van der Waals surface area contributed by atoms with Gasteiger partial charge in [-0.3, -0.25) is 4.79 Å². The Hall–Kier alpha value is -1.35. The van der Waals surface area contributed by atoms with E-state index in [9.17, 15) is 4.79 Å². The predicted molar refractivity (Wildman–Crippen MR) is 74.8 cm³/mol. The molecule has 1 aliphatic heterocycles. The van der Waals surface area contributed by atoms with Crippen LogP contribution in [0.15, 0.2) is 18.2 Å². The highest BCUT2D eigenvalue weighted by Crippen LogP contribution is 2.20. The van der Waals surface area contributed by atoms with Gasteiger partial charge in [-0.2, -0.15) is 0 Å². The average Bonchev–Trinajstić information content (AvgIpc) is 2.62. The van der Waals surface area contributed by atoms with Gasteiger partial charge in [0.15, 0.2) is 0 Å². The first-order valence-electron chi connectivity index (χ1n) is 6.79. The number of para-hydroxylation sites is 1. The summed E-state index contributed by atoms with van der Waals surface area (Å²) in [6.07, 6.45) is 4.47. The number of nitrogens with one attached hydrogen (secondary N) is 2. The predicted octanol–water partition coefficient (Wildman–Crippen LogP) is 2.77. The first-order valence-corrected chi connectivity index (χ1v) is 6.79. The molecule has 18 heavy (non-hydrogen) atoms. The van der Waals surface area contributed by atoms with Crippen LogP contribution in [-0.4, -0.2) is 18.5 Å². The van der Waals surface area contributed by atoms with E-state index in [1.54, 1.807) is 0 Å². The van der Waals surface area contributed by atoms with Crippen molar-refractivity contribution in [2.24, 2.45) is 0 Å². The Morgan fingerprint density at radius 1 is 1.22 bits per heavy atom. The van der Waals surface area contributed by atoms with E-state index in [4.69, 9.17) is 0 Å². The quantitative estimate of drug-likeness (QED) is 0.842. The Morgan fingerprint density at radius 3 is 2.67 bits per heavy atom. The van der Waals surface area contributed by atoms with E-state index in [0.29, 0.717) is 0 Å². The van der Waals surface area contributed by atoms with Crippen LogP contribution < -0.4 is 10.6 Å². The molecule has 1 unspecified atom stereocenters. The van der Waals surface area contributed by atoms with Gasteiger partial charge in [0, 0.05) is 5.69 Å². The molecule has 0 bridgehead atoms. The summed E-state index contributed by atoms with van der Waals surface area (Å²) in [6, 6.07) is 6.04. The fourth-order valence-electron chi connectivity index (χ4n) is 2.47. The number of benzene rings is 1. The zero-order chi connectivity index (χ0) is 13.0. The van der Waals surface area contributed by atoms with E-state index in [1.807, 2.05) is 32.0 Å². The van der Waals surface area contributed by atoms with Crippen molar-refractivity contribution in [2.45, 2.75) is 45.6 Å². The molecule has 1 aromatic carbocycles. The molecule has 1 aliphatic rings. The molecule has 2 N–H and O–H groups in total. The molecule has 98 valence electrons. The lowest BCUT2D eigenvalue weighted by Gasteiger charge is -2.18. The second kappa shape index (κ2) is 6.01.